The Balaban J connectivity index is 2.83. The van der Waals surface area contributed by atoms with E-state index in [0.29, 0.717) is 0 Å². The van der Waals surface area contributed by atoms with Gasteiger partial charge in [0.25, 0.3) is 0 Å². The number of hydrogen-bond acceptors (Lipinski definition) is 2. The summed E-state index contributed by atoms with van der Waals surface area (Å²) in [6.07, 6.45) is 0. The second kappa shape index (κ2) is 3.87. The fourth-order valence-corrected chi connectivity index (χ4v) is 2.76. The molecule has 4 heteroatoms. The van der Waals surface area contributed by atoms with Crippen LogP contribution in [0.15, 0.2) is 17.1 Å². The fraction of sp³-hybridized carbons (Fsp3) is 0.333. The van der Waals surface area contributed by atoms with Crippen molar-refractivity contribution in [1.29, 1.82) is 0 Å². The van der Waals surface area contributed by atoms with Crippen molar-refractivity contribution in [3.8, 4) is 0 Å². The molecule has 0 radical (unpaired) electrons. The van der Waals surface area contributed by atoms with E-state index in [9.17, 15) is 4.79 Å². The van der Waals surface area contributed by atoms with E-state index in [-0.39, 0.29) is 5.91 Å². The zero-order valence-electron chi connectivity index (χ0n) is 9.87. The third-order valence-electron chi connectivity index (χ3n) is 2.68. The zero-order valence-corrected chi connectivity index (χ0v) is 10.7. The number of rotatable bonds is 0. The predicted octanol–water partition coefficient (Wildman–Crippen LogP) is 2.30. The molecule has 84 valence electrons. The molecule has 16 heavy (non-hydrogen) atoms. The minimum absolute atomic E-state index is 0.157. The summed E-state index contributed by atoms with van der Waals surface area (Å²) in [6, 6.07) is 4.29. The molecular formula is C12H14N2OS. The SMILES string of the molecule is CC(=O)N=c1sc2cc(C)c(C)cc2n1C. The molecule has 1 amide bonds. The van der Waals surface area contributed by atoms with Gasteiger partial charge in [0.1, 0.15) is 0 Å². The summed E-state index contributed by atoms with van der Waals surface area (Å²) in [5.41, 5.74) is 3.66. The van der Waals surface area contributed by atoms with Gasteiger partial charge in [-0.3, -0.25) is 4.79 Å². The molecule has 0 spiro atoms. The average Bonchev–Trinajstić information content (AvgIpc) is 2.45. The molecule has 0 aliphatic carbocycles. The Morgan fingerprint density at radius 2 is 1.94 bits per heavy atom. The first-order valence-electron chi connectivity index (χ1n) is 5.11. The molecule has 1 aromatic heterocycles. The molecule has 0 aliphatic rings. The number of nitrogens with zero attached hydrogens (tertiary/aromatic N) is 2. The van der Waals surface area contributed by atoms with Crippen molar-refractivity contribution in [3.63, 3.8) is 0 Å². The lowest BCUT2D eigenvalue weighted by molar-refractivity contribution is -0.116. The van der Waals surface area contributed by atoms with E-state index in [1.165, 1.54) is 22.8 Å². The maximum absolute atomic E-state index is 11.0. The van der Waals surface area contributed by atoms with Gasteiger partial charge in [0.2, 0.25) is 5.91 Å². The monoisotopic (exact) mass is 234 g/mol. The van der Waals surface area contributed by atoms with Crippen molar-refractivity contribution in [2.75, 3.05) is 0 Å². The zero-order chi connectivity index (χ0) is 11.9. The van der Waals surface area contributed by atoms with Gasteiger partial charge in [-0.2, -0.15) is 4.99 Å². The lowest BCUT2D eigenvalue weighted by Crippen LogP contribution is -2.11. The summed E-state index contributed by atoms with van der Waals surface area (Å²) in [7, 11) is 1.94. The van der Waals surface area contributed by atoms with Crippen LogP contribution >= 0.6 is 11.3 Å². The molecule has 3 nitrogen and oxygen atoms in total. The van der Waals surface area contributed by atoms with Gasteiger partial charge in [-0.25, -0.2) is 0 Å². The maximum Gasteiger partial charge on any atom is 0.245 e. The molecule has 0 bridgehead atoms. The van der Waals surface area contributed by atoms with Crippen LogP contribution in [-0.2, 0) is 11.8 Å². The number of thiazole rings is 1. The van der Waals surface area contributed by atoms with Crippen LogP contribution in [0.25, 0.3) is 10.2 Å². The van der Waals surface area contributed by atoms with Gasteiger partial charge in [-0.05, 0) is 37.1 Å². The van der Waals surface area contributed by atoms with E-state index in [4.69, 9.17) is 0 Å². The summed E-state index contributed by atoms with van der Waals surface area (Å²) in [5.74, 6) is -0.157. The molecule has 1 aromatic carbocycles. The topological polar surface area (TPSA) is 34.4 Å². The van der Waals surface area contributed by atoms with Gasteiger partial charge in [0, 0.05) is 14.0 Å². The van der Waals surface area contributed by atoms with Crippen LogP contribution < -0.4 is 4.80 Å². The standard InChI is InChI=1S/C12H14N2OS/c1-7-5-10-11(6-8(7)2)16-12(14(10)4)13-9(3)15/h5-6H,1-4H3. The Hall–Kier alpha value is -1.42. The van der Waals surface area contributed by atoms with Crippen LogP contribution in [0.3, 0.4) is 0 Å². The van der Waals surface area contributed by atoms with Gasteiger partial charge in [0.15, 0.2) is 4.80 Å². The van der Waals surface area contributed by atoms with Crippen molar-refractivity contribution < 1.29 is 4.79 Å². The Morgan fingerprint density at radius 3 is 2.56 bits per heavy atom. The molecule has 0 atom stereocenters. The largest absolute Gasteiger partial charge is 0.319 e. The normalized spacial score (nSPS) is 12.4. The van der Waals surface area contributed by atoms with Crippen LogP contribution in [0, 0.1) is 13.8 Å². The van der Waals surface area contributed by atoms with Crippen LogP contribution in [-0.4, -0.2) is 10.5 Å². The third-order valence-corrected chi connectivity index (χ3v) is 3.77. The summed E-state index contributed by atoms with van der Waals surface area (Å²) >= 11 is 1.55. The van der Waals surface area contributed by atoms with E-state index >= 15 is 0 Å². The Bertz CT molecular complexity index is 634. The number of carbonyl (C=O) groups is 1. The molecule has 0 saturated heterocycles. The van der Waals surface area contributed by atoms with E-state index in [0.717, 1.165) is 10.3 Å². The highest BCUT2D eigenvalue weighted by Crippen LogP contribution is 2.20. The fourth-order valence-electron chi connectivity index (χ4n) is 1.62. The van der Waals surface area contributed by atoms with Crippen molar-refractivity contribution in [2.45, 2.75) is 20.8 Å². The van der Waals surface area contributed by atoms with Gasteiger partial charge < -0.3 is 4.57 Å². The summed E-state index contributed by atoms with van der Waals surface area (Å²) in [5, 5.41) is 0. The Labute approximate surface area is 98.1 Å². The number of hydrogen-bond donors (Lipinski definition) is 0. The van der Waals surface area contributed by atoms with E-state index < -0.39 is 0 Å². The Kier molecular flexibility index (Phi) is 2.68. The van der Waals surface area contributed by atoms with Gasteiger partial charge in [-0.1, -0.05) is 11.3 Å². The molecule has 1 heterocycles. The van der Waals surface area contributed by atoms with Gasteiger partial charge in [-0.15, -0.1) is 0 Å². The smallest absolute Gasteiger partial charge is 0.245 e. The molecule has 0 saturated carbocycles. The van der Waals surface area contributed by atoms with E-state index in [1.54, 1.807) is 11.3 Å². The molecule has 0 unspecified atom stereocenters. The molecule has 2 aromatic rings. The van der Waals surface area contributed by atoms with Crippen molar-refractivity contribution >= 4 is 27.5 Å². The quantitative estimate of drug-likeness (QED) is 0.688. The number of benzene rings is 1. The number of carbonyl (C=O) groups excluding carboxylic acids is 1. The molecule has 0 fully saturated rings. The second-order valence-electron chi connectivity index (χ2n) is 3.98. The second-order valence-corrected chi connectivity index (χ2v) is 4.99. The van der Waals surface area contributed by atoms with E-state index in [2.05, 4.69) is 31.0 Å². The molecular weight excluding hydrogens is 220 g/mol. The van der Waals surface area contributed by atoms with Crippen LogP contribution in [0.2, 0.25) is 0 Å². The third kappa shape index (κ3) is 1.80. The van der Waals surface area contributed by atoms with Crippen molar-refractivity contribution in [1.82, 2.24) is 4.57 Å². The lowest BCUT2D eigenvalue weighted by Gasteiger charge is -2.00. The number of fused-ring (bicyclic) bond motifs is 1. The van der Waals surface area contributed by atoms with Crippen LogP contribution in [0.1, 0.15) is 18.1 Å². The first kappa shape index (κ1) is 11.1. The Morgan fingerprint density at radius 1 is 1.31 bits per heavy atom. The minimum Gasteiger partial charge on any atom is -0.319 e. The highest BCUT2D eigenvalue weighted by atomic mass is 32.1. The van der Waals surface area contributed by atoms with E-state index in [1.807, 2.05) is 11.6 Å². The average molecular weight is 234 g/mol. The highest BCUT2D eigenvalue weighted by Gasteiger charge is 2.05. The summed E-state index contributed by atoms with van der Waals surface area (Å²) < 4.78 is 3.14. The first-order chi connectivity index (χ1) is 7.49. The molecule has 0 aliphatic heterocycles. The van der Waals surface area contributed by atoms with Gasteiger partial charge in [0.05, 0.1) is 10.2 Å². The van der Waals surface area contributed by atoms with Crippen molar-refractivity contribution in [2.24, 2.45) is 12.0 Å². The van der Waals surface area contributed by atoms with Crippen LogP contribution in [0.5, 0.6) is 0 Å². The van der Waals surface area contributed by atoms with Crippen LogP contribution in [0.4, 0.5) is 0 Å². The minimum atomic E-state index is -0.157. The molecule has 0 N–H and O–H groups in total. The number of aromatic nitrogens is 1. The molecule has 2 rings (SSSR count). The van der Waals surface area contributed by atoms with Gasteiger partial charge >= 0.3 is 0 Å². The number of amides is 1. The lowest BCUT2D eigenvalue weighted by atomic mass is 10.1. The highest BCUT2D eigenvalue weighted by molar-refractivity contribution is 7.16. The predicted molar refractivity (Wildman–Crippen MR) is 66.5 cm³/mol. The van der Waals surface area contributed by atoms with Crippen molar-refractivity contribution in [3.05, 3.63) is 28.1 Å². The number of aryl methyl sites for hydroxylation is 3. The summed E-state index contributed by atoms with van der Waals surface area (Å²) in [4.78, 5) is 15.8. The maximum atomic E-state index is 11.0. The summed E-state index contributed by atoms with van der Waals surface area (Å²) in [6.45, 7) is 5.66. The first-order valence-corrected chi connectivity index (χ1v) is 5.93.